The minimum Gasteiger partial charge on any atom is -0.455 e. The van der Waals surface area contributed by atoms with Gasteiger partial charge in [0.1, 0.15) is 5.76 Å². The van der Waals surface area contributed by atoms with Crippen LogP contribution in [0.2, 0.25) is 0 Å². The second kappa shape index (κ2) is 8.95. The van der Waals surface area contributed by atoms with Crippen molar-refractivity contribution in [2.24, 2.45) is 7.05 Å². The fourth-order valence-electron chi connectivity index (χ4n) is 2.21. The van der Waals surface area contributed by atoms with E-state index in [1.54, 1.807) is 53.2 Å². The lowest BCUT2D eigenvalue weighted by atomic mass is 10.4. The van der Waals surface area contributed by atoms with Gasteiger partial charge >= 0.3 is 0 Å². The molecule has 0 aliphatic heterocycles. The van der Waals surface area contributed by atoms with E-state index in [9.17, 15) is 4.79 Å². The van der Waals surface area contributed by atoms with Crippen LogP contribution in [0.15, 0.2) is 56.0 Å². The fourth-order valence-corrected chi connectivity index (χ4v) is 5.56. The van der Waals surface area contributed by atoms with Gasteiger partial charge in [-0.2, -0.15) is 0 Å². The van der Waals surface area contributed by atoms with Crippen molar-refractivity contribution in [3.05, 3.63) is 58.4 Å². The van der Waals surface area contributed by atoms with E-state index in [2.05, 4.69) is 26.6 Å². The van der Waals surface area contributed by atoms with Gasteiger partial charge in [0.2, 0.25) is 5.13 Å². The molecule has 28 heavy (non-hydrogen) atoms. The zero-order chi connectivity index (χ0) is 19.3. The number of hydrogen-bond acceptors (Lipinski definition) is 9. The van der Waals surface area contributed by atoms with Gasteiger partial charge in [-0.15, -0.1) is 21.5 Å². The first-order valence-electron chi connectivity index (χ1n) is 8.16. The number of carbonyl (C=O) groups excluding carboxylic acids is 1. The predicted molar refractivity (Wildman–Crippen MR) is 113 cm³/mol. The lowest BCUT2D eigenvalue weighted by Gasteiger charge is -1.99. The number of imidazole rings is 1. The number of amides is 1. The first-order chi connectivity index (χ1) is 13.7. The zero-order valence-corrected chi connectivity index (χ0v) is 18.0. The van der Waals surface area contributed by atoms with Gasteiger partial charge in [0.15, 0.2) is 15.3 Å². The summed E-state index contributed by atoms with van der Waals surface area (Å²) < 4.78 is 8.39. The molecule has 0 aromatic carbocycles. The van der Waals surface area contributed by atoms with Crippen LogP contribution >= 0.6 is 46.2 Å². The van der Waals surface area contributed by atoms with Crippen molar-refractivity contribution in [2.75, 3.05) is 5.32 Å². The van der Waals surface area contributed by atoms with Gasteiger partial charge in [-0.1, -0.05) is 40.9 Å². The molecule has 0 unspecified atom stereocenters. The van der Waals surface area contributed by atoms with Crippen molar-refractivity contribution in [3.8, 4) is 0 Å². The number of thioether (sulfide) groups is 2. The van der Waals surface area contributed by atoms with Gasteiger partial charge in [-0.3, -0.25) is 10.1 Å². The van der Waals surface area contributed by atoms with Crippen molar-refractivity contribution in [2.45, 2.75) is 21.0 Å². The van der Waals surface area contributed by atoms with Crippen molar-refractivity contribution in [1.29, 1.82) is 0 Å². The summed E-state index contributed by atoms with van der Waals surface area (Å²) in [4.78, 5) is 17.9. The second-order valence-electron chi connectivity index (χ2n) is 5.57. The average molecular weight is 450 g/mol. The minimum atomic E-state index is -0.334. The number of aromatic nitrogens is 4. The molecule has 0 aliphatic carbocycles. The first-order valence-corrected chi connectivity index (χ1v) is 11.8. The minimum absolute atomic E-state index is 0.249. The van der Waals surface area contributed by atoms with Crippen LogP contribution in [0, 0.1) is 0 Å². The molecule has 4 aromatic rings. The Morgan fingerprint density at radius 3 is 2.96 bits per heavy atom. The summed E-state index contributed by atoms with van der Waals surface area (Å²) >= 11 is 6.21. The number of aryl methyl sites for hydroxylation is 1. The molecule has 144 valence electrons. The normalized spacial score (nSPS) is 11.0. The van der Waals surface area contributed by atoms with Crippen molar-refractivity contribution in [3.63, 3.8) is 0 Å². The predicted octanol–water partition coefficient (Wildman–Crippen LogP) is 4.76. The van der Waals surface area contributed by atoms with Crippen LogP contribution in [0.25, 0.3) is 0 Å². The van der Waals surface area contributed by atoms with Gasteiger partial charge in [-0.25, -0.2) is 4.98 Å². The highest BCUT2D eigenvalue weighted by Gasteiger charge is 2.15. The highest BCUT2D eigenvalue weighted by atomic mass is 32.2. The number of anilines is 1. The Hall–Kier alpha value is -2.08. The number of furan rings is 1. The Morgan fingerprint density at radius 2 is 2.18 bits per heavy atom. The molecule has 4 rings (SSSR count). The molecule has 1 N–H and O–H groups in total. The molecule has 4 heterocycles. The Bertz CT molecular complexity index is 1050. The van der Waals surface area contributed by atoms with Gasteiger partial charge in [0.25, 0.3) is 5.91 Å². The summed E-state index contributed by atoms with van der Waals surface area (Å²) in [6.07, 6.45) is 3.64. The maximum absolute atomic E-state index is 12.4. The smallest absolute Gasteiger partial charge is 0.293 e. The molecule has 7 nitrogen and oxygen atoms in total. The molecular weight excluding hydrogens is 434 g/mol. The summed E-state index contributed by atoms with van der Waals surface area (Å²) in [7, 11) is 1.94. The third-order valence-corrected chi connectivity index (χ3v) is 7.71. The number of carbonyl (C=O) groups is 1. The van der Waals surface area contributed by atoms with Gasteiger partial charge in [0.05, 0.1) is 5.75 Å². The molecule has 0 radical (unpaired) electrons. The van der Waals surface area contributed by atoms with E-state index in [0.29, 0.717) is 16.6 Å². The number of nitrogens with zero attached hydrogens (tertiary/aromatic N) is 4. The van der Waals surface area contributed by atoms with Crippen LogP contribution in [-0.2, 0) is 18.6 Å². The molecule has 0 bridgehead atoms. The summed E-state index contributed by atoms with van der Waals surface area (Å²) in [6, 6.07) is 7.57. The fraction of sp³-hybridized carbons (Fsp3) is 0.176. The largest absolute Gasteiger partial charge is 0.455 e. The van der Waals surface area contributed by atoms with Crippen LogP contribution in [0.4, 0.5) is 5.13 Å². The topological polar surface area (TPSA) is 85.8 Å². The van der Waals surface area contributed by atoms with E-state index in [0.717, 1.165) is 15.2 Å². The van der Waals surface area contributed by atoms with Gasteiger partial charge in [0, 0.05) is 30.1 Å². The van der Waals surface area contributed by atoms with Crippen molar-refractivity contribution in [1.82, 2.24) is 19.7 Å². The monoisotopic (exact) mass is 449 g/mol. The van der Waals surface area contributed by atoms with E-state index in [4.69, 9.17) is 4.42 Å². The third-order valence-electron chi connectivity index (χ3n) is 3.55. The highest BCUT2D eigenvalue weighted by molar-refractivity contribution is 8.00. The lowest BCUT2D eigenvalue weighted by molar-refractivity contribution is 0.0995. The van der Waals surface area contributed by atoms with E-state index in [-0.39, 0.29) is 11.7 Å². The Morgan fingerprint density at radius 1 is 1.25 bits per heavy atom. The summed E-state index contributed by atoms with van der Waals surface area (Å²) in [5, 5.41) is 14.3. The van der Waals surface area contributed by atoms with E-state index in [1.165, 1.54) is 16.2 Å². The second-order valence-corrected chi connectivity index (χ2v) is 9.75. The molecule has 0 spiro atoms. The van der Waals surface area contributed by atoms with Crippen LogP contribution < -0.4 is 5.32 Å². The van der Waals surface area contributed by atoms with Crippen molar-refractivity contribution < 1.29 is 9.21 Å². The molecule has 4 aromatic heterocycles. The molecule has 0 aliphatic rings. The highest BCUT2D eigenvalue weighted by Crippen LogP contribution is 2.30. The number of hydrogen-bond donors (Lipinski definition) is 1. The Labute approximate surface area is 177 Å². The zero-order valence-electron chi connectivity index (χ0n) is 14.7. The van der Waals surface area contributed by atoms with Crippen LogP contribution in [0.5, 0.6) is 0 Å². The maximum Gasteiger partial charge on any atom is 0.293 e. The number of thiophene rings is 1. The third kappa shape index (κ3) is 4.85. The quantitative estimate of drug-likeness (QED) is 0.306. The number of rotatable bonds is 8. The molecule has 0 saturated carbocycles. The van der Waals surface area contributed by atoms with Crippen LogP contribution in [-0.4, -0.2) is 25.7 Å². The van der Waals surface area contributed by atoms with Gasteiger partial charge in [-0.05, 0) is 23.6 Å². The van der Waals surface area contributed by atoms with Crippen LogP contribution in [0.1, 0.15) is 21.2 Å². The number of nitrogens with one attached hydrogen (secondary N) is 1. The Balaban J connectivity index is 1.30. The first kappa shape index (κ1) is 19.2. The summed E-state index contributed by atoms with van der Waals surface area (Å²) in [6.45, 7) is 0. The van der Waals surface area contributed by atoms with Crippen molar-refractivity contribution >= 4 is 57.2 Å². The molecule has 1 amide bonds. The van der Waals surface area contributed by atoms with E-state index < -0.39 is 0 Å². The standard InChI is InChI=1S/C17H15N5O2S4/c1-22-7-6-18-16(22)26-9-11-4-5-13(24-11)14(23)19-15-20-21-17(28-15)27-10-12-3-2-8-25-12/h2-8H,9-10H2,1H3,(H,19,20,23). The molecule has 0 fully saturated rings. The molecule has 11 heteroatoms. The summed E-state index contributed by atoms with van der Waals surface area (Å²) in [5.74, 6) is 2.07. The molecule has 0 saturated heterocycles. The molecule has 0 atom stereocenters. The summed E-state index contributed by atoms with van der Waals surface area (Å²) in [5.41, 5.74) is 0. The van der Waals surface area contributed by atoms with E-state index >= 15 is 0 Å². The van der Waals surface area contributed by atoms with E-state index in [1.807, 2.05) is 29.3 Å². The lowest BCUT2D eigenvalue weighted by Crippen LogP contribution is -2.10. The maximum atomic E-state index is 12.4. The SMILES string of the molecule is Cn1ccnc1SCc1ccc(C(=O)Nc2nnc(SCc3cccs3)s2)o1. The molecular formula is C17H15N5O2S4. The van der Waals surface area contributed by atoms with Crippen LogP contribution in [0.3, 0.4) is 0 Å². The average Bonchev–Trinajstić information content (AvgIpc) is 3.47. The Kier molecular flexibility index (Phi) is 6.15. The van der Waals surface area contributed by atoms with Gasteiger partial charge < -0.3 is 8.98 Å².